The van der Waals surface area contributed by atoms with Crippen LogP contribution in [0.15, 0.2) is 6.07 Å². The van der Waals surface area contributed by atoms with E-state index < -0.39 is 0 Å². The van der Waals surface area contributed by atoms with Crippen molar-refractivity contribution in [3.8, 4) is 11.5 Å². The molecule has 94 valence electrons. The van der Waals surface area contributed by atoms with Crippen molar-refractivity contribution in [2.24, 2.45) is 5.73 Å². The third kappa shape index (κ3) is 2.25. The Morgan fingerprint density at radius 2 is 1.82 bits per heavy atom. The summed E-state index contributed by atoms with van der Waals surface area (Å²) in [6.45, 7) is 0.637. The second-order valence-electron chi connectivity index (χ2n) is 4.47. The van der Waals surface area contributed by atoms with Crippen molar-refractivity contribution in [3.05, 3.63) is 22.8 Å². The van der Waals surface area contributed by atoms with Crippen molar-refractivity contribution in [2.45, 2.75) is 32.1 Å². The standard InChI is InChI=1S/C14H21NO2/c1-16-13-9-10(7-8-15)14(17-2)12-6-4-3-5-11(12)13/h9H,3-8,15H2,1-2H3. The number of ether oxygens (including phenoxy) is 2. The van der Waals surface area contributed by atoms with E-state index in [9.17, 15) is 0 Å². The molecule has 0 atom stereocenters. The van der Waals surface area contributed by atoms with Crippen LogP contribution in [-0.4, -0.2) is 20.8 Å². The quantitative estimate of drug-likeness (QED) is 0.869. The predicted molar refractivity (Wildman–Crippen MR) is 68.9 cm³/mol. The summed E-state index contributed by atoms with van der Waals surface area (Å²) in [6, 6.07) is 2.09. The maximum absolute atomic E-state index is 5.66. The van der Waals surface area contributed by atoms with E-state index in [0.29, 0.717) is 6.54 Å². The van der Waals surface area contributed by atoms with E-state index in [1.54, 1.807) is 14.2 Å². The first-order chi connectivity index (χ1) is 8.31. The molecular formula is C14H21NO2. The lowest BCUT2D eigenvalue weighted by atomic mass is 9.88. The van der Waals surface area contributed by atoms with Crippen LogP contribution in [0.25, 0.3) is 0 Å². The van der Waals surface area contributed by atoms with E-state index in [-0.39, 0.29) is 0 Å². The number of rotatable bonds is 4. The van der Waals surface area contributed by atoms with Gasteiger partial charge in [-0.05, 0) is 50.3 Å². The molecule has 1 aromatic carbocycles. The number of nitrogens with two attached hydrogens (primary N) is 1. The zero-order valence-corrected chi connectivity index (χ0v) is 10.7. The van der Waals surface area contributed by atoms with Crippen LogP contribution in [0.1, 0.15) is 29.5 Å². The van der Waals surface area contributed by atoms with Crippen LogP contribution in [-0.2, 0) is 19.3 Å². The molecule has 0 radical (unpaired) electrons. The van der Waals surface area contributed by atoms with E-state index in [2.05, 4.69) is 6.07 Å². The highest BCUT2D eigenvalue weighted by molar-refractivity contribution is 5.55. The Balaban J connectivity index is 2.54. The van der Waals surface area contributed by atoms with Crippen LogP contribution in [0, 0.1) is 0 Å². The molecule has 0 aliphatic heterocycles. The lowest BCUT2D eigenvalue weighted by Gasteiger charge is -2.23. The molecule has 0 bridgehead atoms. The first kappa shape index (κ1) is 12.2. The van der Waals surface area contributed by atoms with Gasteiger partial charge in [0.05, 0.1) is 14.2 Å². The third-order valence-electron chi connectivity index (χ3n) is 3.47. The Labute approximate surface area is 103 Å². The van der Waals surface area contributed by atoms with Crippen molar-refractivity contribution in [2.75, 3.05) is 20.8 Å². The van der Waals surface area contributed by atoms with Crippen molar-refractivity contribution < 1.29 is 9.47 Å². The van der Waals surface area contributed by atoms with Crippen LogP contribution in [0.3, 0.4) is 0 Å². The normalized spacial score (nSPS) is 14.3. The summed E-state index contributed by atoms with van der Waals surface area (Å²) in [5.74, 6) is 2.04. The second kappa shape index (κ2) is 5.41. The Morgan fingerprint density at radius 3 is 2.41 bits per heavy atom. The molecule has 3 heteroatoms. The lowest BCUT2D eigenvalue weighted by Crippen LogP contribution is -2.11. The first-order valence-electron chi connectivity index (χ1n) is 6.27. The summed E-state index contributed by atoms with van der Waals surface area (Å²) in [7, 11) is 3.49. The fraction of sp³-hybridized carbons (Fsp3) is 0.571. The molecule has 2 N–H and O–H groups in total. The highest BCUT2D eigenvalue weighted by Gasteiger charge is 2.21. The van der Waals surface area contributed by atoms with Crippen LogP contribution in [0.4, 0.5) is 0 Å². The van der Waals surface area contributed by atoms with E-state index in [4.69, 9.17) is 15.2 Å². The molecule has 0 unspecified atom stereocenters. The number of hydrogen-bond acceptors (Lipinski definition) is 3. The Morgan fingerprint density at radius 1 is 1.12 bits per heavy atom. The van der Waals surface area contributed by atoms with Gasteiger partial charge in [0, 0.05) is 11.1 Å². The maximum Gasteiger partial charge on any atom is 0.125 e. The largest absolute Gasteiger partial charge is 0.496 e. The molecular weight excluding hydrogens is 214 g/mol. The number of methoxy groups -OCH3 is 2. The Kier molecular flexibility index (Phi) is 3.89. The maximum atomic E-state index is 5.66. The average molecular weight is 235 g/mol. The molecule has 1 aliphatic carbocycles. The number of hydrogen-bond donors (Lipinski definition) is 1. The van der Waals surface area contributed by atoms with E-state index in [0.717, 1.165) is 30.8 Å². The van der Waals surface area contributed by atoms with Crippen LogP contribution in [0.2, 0.25) is 0 Å². The minimum absolute atomic E-state index is 0.637. The first-order valence-corrected chi connectivity index (χ1v) is 6.27. The molecule has 1 aliphatic rings. The average Bonchev–Trinajstić information content (AvgIpc) is 2.38. The van der Waals surface area contributed by atoms with Gasteiger partial charge in [-0.3, -0.25) is 0 Å². The second-order valence-corrected chi connectivity index (χ2v) is 4.47. The van der Waals surface area contributed by atoms with Gasteiger partial charge in [0.15, 0.2) is 0 Å². The van der Waals surface area contributed by atoms with E-state index in [1.165, 1.54) is 29.5 Å². The minimum atomic E-state index is 0.637. The monoisotopic (exact) mass is 235 g/mol. The van der Waals surface area contributed by atoms with Gasteiger partial charge in [0.25, 0.3) is 0 Å². The van der Waals surface area contributed by atoms with Gasteiger partial charge < -0.3 is 15.2 Å². The zero-order valence-electron chi connectivity index (χ0n) is 10.7. The highest BCUT2D eigenvalue weighted by atomic mass is 16.5. The van der Waals surface area contributed by atoms with Crippen molar-refractivity contribution >= 4 is 0 Å². The predicted octanol–water partition coefficient (Wildman–Crippen LogP) is 2.08. The molecule has 17 heavy (non-hydrogen) atoms. The van der Waals surface area contributed by atoms with Crippen LogP contribution >= 0.6 is 0 Å². The van der Waals surface area contributed by atoms with Gasteiger partial charge in [-0.1, -0.05) is 0 Å². The summed E-state index contributed by atoms with van der Waals surface area (Å²) in [6.07, 6.45) is 5.50. The molecule has 2 rings (SSSR count). The van der Waals surface area contributed by atoms with Gasteiger partial charge in [-0.25, -0.2) is 0 Å². The lowest BCUT2D eigenvalue weighted by molar-refractivity contribution is 0.385. The van der Waals surface area contributed by atoms with E-state index >= 15 is 0 Å². The summed E-state index contributed by atoms with van der Waals surface area (Å²) < 4.78 is 11.1. The smallest absolute Gasteiger partial charge is 0.125 e. The SMILES string of the molecule is COc1cc(CCN)c(OC)c2c1CCCC2. The molecule has 0 saturated carbocycles. The fourth-order valence-electron chi connectivity index (χ4n) is 2.71. The van der Waals surface area contributed by atoms with Gasteiger partial charge >= 0.3 is 0 Å². The van der Waals surface area contributed by atoms with Crippen molar-refractivity contribution in [3.63, 3.8) is 0 Å². The Bertz CT molecular complexity index is 402. The molecule has 1 aromatic rings. The zero-order chi connectivity index (χ0) is 12.3. The molecule has 0 aromatic heterocycles. The van der Waals surface area contributed by atoms with Crippen molar-refractivity contribution in [1.82, 2.24) is 0 Å². The molecule has 0 saturated heterocycles. The van der Waals surface area contributed by atoms with Crippen LogP contribution in [0.5, 0.6) is 11.5 Å². The summed E-state index contributed by atoms with van der Waals surface area (Å²) in [4.78, 5) is 0. The van der Waals surface area contributed by atoms with Gasteiger partial charge in [-0.2, -0.15) is 0 Å². The fourth-order valence-corrected chi connectivity index (χ4v) is 2.71. The summed E-state index contributed by atoms with van der Waals surface area (Å²) in [5, 5.41) is 0. The molecule has 3 nitrogen and oxygen atoms in total. The van der Waals surface area contributed by atoms with Gasteiger partial charge in [0.1, 0.15) is 11.5 Å². The highest BCUT2D eigenvalue weighted by Crippen LogP contribution is 2.39. The summed E-state index contributed by atoms with van der Waals surface area (Å²) in [5.41, 5.74) is 9.49. The van der Waals surface area contributed by atoms with Crippen LogP contribution < -0.4 is 15.2 Å². The summed E-state index contributed by atoms with van der Waals surface area (Å²) >= 11 is 0. The van der Waals surface area contributed by atoms with Crippen molar-refractivity contribution in [1.29, 1.82) is 0 Å². The van der Waals surface area contributed by atoms with E-state index in [1.807, 2.05) is 0 Å². The molecule has 0 amide bonds. The molecule has 0 fully saturated rings. The molecule has 0 spiro atoms. The molecule has 0 heterocycles. The minimum Gasteiger partial charge on any atom is -0.496 e. The number of benzene rings is 1. The number of fused-ring (bicyclic) bond motifs is 1. The third-order valence-corrected chi connectivity index (χ3v) is 3.47. The van der Waals surface area contributed by atoms with Gasteiger partial charge in [-0.15, -0.1) is 0 Å². The van der Waals surface area contributed by atoms with Gasteiger partial charge in [0.2, 0.25) is 0 Å². The Hall–Kier alpha value is -1.22. The topological polar surface area (TPSA) is 44.5 Å².